The van der Waals surface area contributed by atoms with Crippen LogP contribution in [0.15, 0.2) is 58.1 Å². The van der Waals surface area contributed by atoms with E-state index in [0.717, 1.165) is 27.1 Å². The van der Waals surface area contributed by atoms with E-state index in [9.17, 15) is 4.79 Å². The number of hydrogen-bond acceptors (Lipinski definition) is 8. The number of nitrogens with zero attached hydrogens (tertiary/aromatic N) is 4. The van der Waals surface area contributed by atoms with Crippen LogP contribution >= 0.6 is 11.3 Å². The highest BCUT2D eigenvalue weighted by molar-refractivity contribution is 7.22. The molecule has 1 aliphatic rings. The molecule has 3 aromatic heterocycles. The monoisotopic (exact) mass is 458 g/mol. The topological polar surface area (TPSA) is 92.3 Å². The molecule has 33 heavy (non-hydrogen) atoms. The highest BCUT2D eigenvalue weighted by atomic mass is 32.1. The van der Waals surface area contributed by atoms with Gasteiger partial charge in [0.25, 0.3) is 11.4 Å². The molecular weight excluding hydrogens is 440 g/mol. The van der Waals surface area contributed by atoms with Crippen LogP contribution in [0.1, 0.15) is 16.7 Å². The van der Waals surface area contributed by atoms with Gasteiger partial charge in [-0.3, -0.25) is 9.36 Å². The summed E-state index contributed by atoms with van der Waals surface area (Å²) in [6.07, 6.45) is 1.57. The molecule has 164 valence electrons. The molecule has 9 heteroatoms. The first kappa shape index (κ1) is 19.7. The normalized spacial score (nSPS) is 12.5. The van der Waals surface area contributed by atoms with E-state index < -0.39 is 0 Å². The van der Waals surface area contributed by atoms with E-state index in [2.05, 4.69) is 15.1 Å². The zero-order chi connectivity index (χ0) is 22.5. The van der Waals surface area contributed by atoms with E-state index >= 15 is 0 Å². The van der Waals surface area contributed by atoms with E-state index in [0.29, 0.717) is 40.0 Å². The molecule has 0 radical (unpaired) electrons. The summed E-state index contributed by atoms with van der Waals surface area (Å²) in [6.45, 7) is 4.49. The molecule has 0 N–H and O–H groups in total. The van der Waals surface area contributed by atoms with Crippen molar-refractivity contribution in [2.75, 3.05) is 6.79 Å². The number of thiophene rings is 1. The number of benzene rings is 2. The van der Waals surface area contributed by atoms with Gasteiger partial charge in [0, 0.05) is 5.56 Å². The minimum atomic E-state index is -0.115. The van der Waals surface area contributed by atoms with E-state index in [4.69, 9.17) is 14.0 Å². The molecule has 5 aromatic rings. The first-order chi connectivity index (χ1) is 16.1. The van der Waals surface area contributed by atoms with Crippen LogP contribution in [0.2, 0.25) is 0 Å². The van der Waals surface area contributed by atoms with Gasteiger partial charge in [0.2, 0.25) is 12.6 Å². The molecule has 1 aliphatic heterocycles. The van der Waals surface area contributed by atoms with Crippen molar-refractivity contribution in [3.63, 3.8) is 0 Å². The zero-order valence-corrected chi connectivity index (χ0v) is 18.7. The summed E-state index contributed by atoms with van der Waals surface area (Å²) in [5, 5.41) is 4.70. The first-order valence-electron chi connectivity index (χ1n) is 10.3. The molecule has 0 saturated carbocycles. The molecule has 0 unspecified atom stereocenters. The van der Waals surface area contributed by atoms with Gasteiger partial charge in [-0.05, 0) is 43.2 Å². The standard InChI is InChI=1S/C24H18N4O4S/c1-13-4-3-5-16(8-13)21-26-22(32-27-21)20-14(2)19-23(33-20)25-11-28(24(19)29)10-15-6-7-17-18(9-15)31-12-30-17/h3-9,11H,10,12H2,1-2H3. The second-order valence-electron chi connectivity index (χ2n) is 7.89. The van der Waals surface area contributed by atoms with Crippen LogP contribution < -0.4 is 15.0 Å². The Morgan fingerprint density at radius 1 is 1.09 bits per heavy atom. The molecule has 0 fully saturated rings. The fourth-order valence-corrected chi connectivity index (χ4v) is 4.99. The number of fused-ring (bicyclic) bond motifs is 2. The van der Waals surface area contributed by atoms with Crippen LogP contribution in [0.4, 0.5) is 0 Å². The number of aryl methyl sites for hydroxylation is 2. The lowest BCUT2D eigenvalue weighted by molar-refractivity contribution is 0.174. The Hall–Kier alpha value is -3.98. The Labute approximate surface area is 192 Å². The molecule has 0 saturated heterocycles. The summed E-state index contributed by atoms with van der Waals surface area (Å²) >= 11 is 1.38. The molecule has 0 amide bonds. The highest BCUT2D eigenvalue weighted by Crippen LogP contribution is 2.36. The quantitative estimate of drug-likeness (QED) is 0.390. The Kier molecular flexibility index (Phi) is 4.51. The van der Waals surface area contributed by atoms with Crippen LogP contribution in [0, 0.1) is 13.8 Å². The summed E-state index contributed by atoms with van der Waals surface area (Å²) in [6, 6.07) is 13.6. The van der Waals surface area contributed by atoms with Crippen molar-refractivity contribution in [3.05, 3.63) is 75.8 Å². The predicted molar refractivity (Wildman–Crippen MR) is 124 cm³/mol. The second-order valence-corrected chi connectivity index (χ2v) is 8.89. The molecule has 0 atom stereocenters. The number of aromatic nitrogens is 4. The number of hydrogen-bond donors (Lipinski definition) is 0. The van der Waals surface area contributed by atoms with Crippen molar-refractivity contribution in [2.24, 2.45) is 0 Å². The van der Waals surface area contributed by atoms with Gasteiger partial charge in [-0.1, -0.05) is 35.0 Å². The van der Waals surface area contributed by atoms with Crippen molar-refractivity contribution in [2.45, 2.75) is 20.4 Å². The molecule has 0 spiro atoms. The smallest absolute Gasteiger partial charge is 0.268 e. The van der Waals surface area contributed by atoms with Gasteiger partial charge in [0.05, 0.1) is 23.1 Å². The van der Waals surface area contributed by atoms with Crippen molar-refractivity contribution in [3.8, 4) is 33.7 Å². The molecule has 0 aliphatic carbocycles. The molecule has 2 aromatic carbocycles. The van der Waals surface area contributed by atoms with Gasteiger partial charge in [0.1, 0.15) is 4.83 Å². The average Bonchev–Trinajstić information content (AvgIpc) is 3.54. The Bertz CT molecular complexity index is 1580. The largest absolute Gasteiger partial charge is 0.454 e. The zero-order valence-electron chi connectivity index (χ0n) is 17.9. The van der Waals surface area contributed by atoms with Crippen LogP contribution in [0.3, 0.4) is 0 Å². The van der Waals surface area contributed by atoms with E-state index in [1.807, 2.05) is 56.3 Å². The van der Waals surface area contributed by atoms with Gasteiger partial charge in [-0.25, -0.2) is 4.98 Å². The molecule has 8 nitrogen and oxygen atoms in total. The molecule has 0 bridgehead atoms. The number of ether oxygens (including phenoxy) is 2. The van der Waals surface area contributed by atoms with Crippen molar-refractivity contribution >= 4 is 21.6 Å². The molecule has 6 rings (SSSR count). The Morgan fingerprint density at radius 3 is 2.85 bits per heavy atom. The van der Waals surface area contributed by atoms with Crippen molar-refractivity contribution in [1.82, 2.24) is 19.7 Å². The predicted octanol–water partition coefficient (Wildman–Crippen LogP) is 4.57. The van der Waals surface area contributed by atoms with Crippen LogP contribution in [-0.4, -0.2) is 26.5 Å². The van der Waals surface area contributed by atoms with Crippen LogP contribution in [0.5, 0.6) is 11.5 Å². The first-order valence-corrected chi connectivity index (χ1v) is 11.2. The maximum absolute atomic E-state index is 13.3. The lowest BCUT2D eigenvalue weighted by Gasteiger charge is -2.06. The van der Waals surface area contributed by atoms with Crippen molar-refractivity contribution in [1.29, 1.82) is 0 Å². The van der Waals surface area contributed by atoms with E-state index in [1.54, 1.807) is 10.9 Å². The van der Waals surface area contributed by atoms with Gasteiger partial charge in [0.15, 0.2) is 11.5 Å². The summed E-state index contributed by atoms with van der Waals surface area (Å²) in [4.78, 5) is 23.8. The highest BCUT2D eigenvalue weighted by Gasteiger charge is 2.21. The van der Waals surface area contributed by atoms with Crippen molar-refractivity contribution < 1.29 is 14.0 Å². The van der Waals surface area contributed by atoms with Gasteiger partial charge >= 0.3 is 0 Å². The Morgan fingerprint density at radius 2 is 1.97 bits per heavy atom. The van der Waals surface area contributed by atoms with Gasteiger partial charge in [-0.15, -0.1) is 11.3 Å². The summed E-state index contributed by atoms with van der Waals surface area (Å²) in [5.41, 5.74) is 3.59. The molecular formula is C24H18N4O4S. The third-order valence-electron chi connectivity index (χ3n) is 5.60. The lowest BCUT2D eigenvalue weighted by atomic mass is 10.1. The summed E-state index contributed by atoms with van der Waals surface area (Å²) < 4.78 is 17.9. The van der Waals surface area contributed by atoms with Crippen LogP contribution in [0.25, 0.3) is 32.4 Å². The van der Waals surface area contributed by atoms with Gasteiger partial charge < -0.3 is 14.0 Å². The fraction of sp³-hybridized carbons (Fsp3) is 0.167. The lowest BCUT2D eigenvalue weighted by Crippen LogP contribution is -2.21. The third-order valence-corrected chi connectivity index (χ3v) is 6.79. The fourth-order valence-electron chi connectivity index (χ4n) is 3.93. The van der Waals surface area contributed by atoms with Gasteiger partial charge in [-0.2, -0.15) is 4.98 Å². The van der Waals surface area contributed by atoms with E-state index in [-0.39, 0.29) is 12.4 Å². The maximum Gasteiger partial charge on any atom is 0.268 e. The summed E-state index contributed by atoms with van der Waals surface area (Å²) in [7, 11) is 0. The Balaban J connectivity index is 1.37. The van der Waals surface area contributed by atoms with E-state index in [1.165, 1.54) is 11.3 Å². The average molecular weight is 458 g/mol. The SMILES string of the molecule is Cc1cccc(-c2noc(-c3sc4ncn(Cc5ccc6c(c5)OCO6)c(=O)c4c3C)n2)c1. The minimum Gasteiger partial charge on any atom is -0.454 e. The number of rotatable bonds is 4. The maximum atomic E-state index is 13.3. The second kappa shape index (κ2) is 7.56. The molecule has 4 heterocycles. The van der Waals surface area contributed by atoms with Crippen LogP contribution in [-0.2, 0) is 6.54 Å². The minimum absolute atomic E-state index is 0.115. The third kappa shape index (κ3) is 3.37. The summed E-state index contributed by atoms with van der Waals surface area (Å²) in [5.74, 6) is 2.29.